The second-order valence-electron chi connectivity index (χ2n) is 5.00. The molecular weight excluding hydrogens is 254 g/mol. The lowest BCUT2D eigenvalue weighted by atomic mass is 9.98. The largest absolute Gasteiger partial charge is 0.388 e. The molecule has 2 heterocycles. The first kappa shape index (κ1) is 12.7. The van der Waals surface area contributed by atoms with Gasteiger partial charge >= 0.3 is 0 Å². The topological polar surface area (TPSA) is 86.1 Å². The standard InChI is InChI=1S/C11H19N3O3S/c1-12-11-14-7-9(16)8(15)6(17-10(7)18-11)4-13-5-2-3-5/h5-10,13,15-16H,2-4H2,1H3,(H,12,14)/t6-,7-,8-,9-,10-/m1/s1. The number of hydrogen-bond donors (Lipinski definition) is 4. The van der Waals surface area contributed by atoms with Gasteiger partial charge in [0.2, 0.25) is 0 Å². The average Bonchev–Trinajstić information content (AvgIpc) is 3.10. The zero-order valence-corrected chi connectivity index (χ0v) is 11.1. The van der Waals surface area contributed by atoms with Crippen LogP contribution in [0.2, 0.25) is 0 Å². The van der Waals surface area contributed by atoms with Crippen molar-refractivity contribution in [3.05, 3.63) is 0 Å². The number of nitrogens with zero attached hydrogens (tertiary/aromatic N) is 1. The van der Waals surface area contributed by atoms with Crippen LogP contribution in [0.1, 0.15) is 12.8 Å². The van der Waals surface area contributed by atoms with Crippen LogP contribution in [-0.2, 0) is 4.74 Å². The number of thioether (sulfide) groups is 1. The summed E-state index contributed by atoms with van der Waals surface area (Å²) in [6.45, 7) is 0.585. The highest BCUT2D eigenvalue weighted by Gasteiger charge is 2.48. The van der Waals surface area contributed by atoms with Crippen molar-refractivity contribution in [3.8, 4) is 0 Å². The maximum absolute atomic E-state index is 10.1. The van der Waals surface area contributed by atoms with Gasteiger partial charge in [0.05, 0.1) is 0 Å². The zero-order valence-electron chi connectivity index (χ0n) is 10.2. The average molecular weight is 273 g/mol. The third-order valence-electron chi connectivity index (χ3n) is 3.56. The molecule has 6 nitrogen and oxygen atoms in total. The molecule has 0 amide bonds. The summed E-state index contributed by atoms with van der Waals surface area (Å²) in [4.78, 5) is 4.32. The molecule has 4 N–H and O–H groups in total. The van der Waals surface area contributed by atoms with Crippen molar-refractivity contribution in [2.45, 2.75) is 48.7 Å². The summed E-state index contributed by atoms with van der Waals surface area (Å²) >= 11 is 1.47. The lowest BCUT2D eigenvalue weighted by Crippen LogP contribution is -2.57. The molecule has 0 spiro atoms. The minimum absolute atomic E-state index is 0.197. The van der Waals surface area contributed by atoms with Gasteiger partial charge in [-0.3, -0.25) is 4.99 Å². The summed E-state index contributed by atoms with van der Waals surface area (Å²) < 4.78 is 5.84. The van der Waals surface area contributed by atoms with Crippen LogP contribution < -0.4 is 10.6 Å². The zero-order chi connectivity index (χ0) is 12.7. The summed E-state index contributed by atoms with van der Waals surface area (Å²) in [5.74, 6) is 0. The van der Waals surface area contributed by atoms with E-state index in [1.165, 1.54) is 24.6 Å². The molecule has 1 saturated carbocycles. The normalized spacial score (nSPS) is 43.5. The highest BCUT2D eigenvalue weighted by Crippen LogP contribution is 2.35. The van der Waals surface area contributed by atoms with Crippen LogP contribution in [0.3, 0.4) is 0 Å². The van der Waals surface area contributed by atoms with E-state index in [0.717, 1.165) is 5.17 Å². The molecule has 0 aromatic heterocycles. The van der Waals surface area contributed by atoms with Crippen molar-refractivity contribution in [2.75, 3.05) is 13.6 Å². The number of aliphatic hydroxyl groups is 2. The predicted molar refractivity (Wildman–Crippen MR) is 69.6 cm³/mol. The quantitative estimate of drug-likeness (QED) is 0.521. The monoisotopic (exact) mass is 273 g/mol. The molecule has 0 unspecified atom stereocenters. The summed E-state index contributed by atoms with van der Waals surface area (Å²) in [6.07, 6.45) is 0.296. The molecule has 7 heteroatoms. The van der Waals surface area contributed by atoms with Gasteiger partial charge in [-0.2, -0.15) is 0 Å². The Morgan fingerprint density at radius 3 is 2.83 bits per heavy atom. The second kappa shape index (κ2) is 4.97. The van der Waals surface area contributed by atoms with E-state index in [1.54, 1.807) is 7.05 Å². The first-order valence-corrected chi connectivity index (χ1v) is 7.24. The van der Waals surface area contributed by atoms with E-state index in [0.29, 0.717) is 12.6 Å². The summed E-state index contributed by atoms with van der Waals surface area (Å²) in [7, 11) is 1.79. The van der Waals surface area contributed by atoms with E-state index in [4.69, 9.17) is 4.74 Å². The highest BCUT2D eigenvalue weighted by atomic mass is 32.2. The fourth-order valence-electron chi connectivity index (χ4n) is 2.29. The van der Waals surface area contributed by atoms with Crippen molar-refractivity contribution in [3.63, 3.8) is 0 Å². The Kier molecular flexibility index (Phi) is 3.50. The molecule has 2 fully saturated rings. The molecule has 102 valence electrons. The van der Waals surface area contributed by atoms with Crippen LogP contribution in [0.15, 0.2) is 4.99 Å². The highest BCUT2D eigenvalue weighted by molar-refractivity contribution is 8.14. The number of ether oxygens (including phenoxy) is 1. The van der Waals surface area contributed by atoms with Crippen molar-refractivity contribution < 1.29 is 14.9 Å². The lowest BCUT2D eigenvalue weighted by Gasteiger charge is -2.38. The number of rotatable bonds is 3. The Morgan fingerprint density at radius 2 is 2.17 bits per heavy atom. The van der Waals surface area contributed by atoms with Gasteiger partial charge in [0.15, 0.2) is 5.17 Å². The van der Waals surface area contributed by atoms with E-state index in [9.17, 15) is 10.2 Å². The van der Waals surface area contributed by atoms with Gasteiger partial charge in [0.1, 0.15) is 29.8 Å². The fraction of sp³-hybridized carbons (Fsp3) is 0.909. The van der Waals surface area contributed by atoms with Crippen molar-refractivity contribution in [1.29, 1.82) is 0 Å². The molecule has 0 radical (unpaired) electrons. The third kappa shape index (κ3) is 2.37. The second-order valence-corrected chi connectivity index (χ2v) is 6.09. The van der Waals surface area contributed by atoms with E-state index in [2.05, 4.69) is 15.6 Å². The fourth-order valence-corrected chi connectivity index (χ4v) is 3.37. The lowest BCUT2D eigenvalue weighted by molar-refractivity contribution is -0.150. The van der Waals surface area contributed by atoms with Crippen molar-refractivity contribution in [2.24, 2.45) is 4.99 Å². The van der Waals surface area contributed by atoms with Gasteiger partial charge in [0, 0.05) is 19.6 Å². The maximum atomic E-state index is 10.1. The van der Waals surface area contributed by atoms with E-state index < -0.39 is 12.2 Å². The van der Waals surface area contributed by atoms with Crippen LogP contribution in [-0.4, -0.2) is 64.8 Å². The molecule has 18 heavy (non-hydrogen) atoms. The molecule has 1 saturated heterocycles. The minimum atomic E-state index is -0.877. The van der Waals surface area contributed by atoms with Gasteiger partial charge in [-0.05, 0) is 12.8 Å². The summed E-state index contributed by atoms with van der Waals surface area (Å²) in [6, 6.07) is 0.195. The molecule has 5 atom stereocenters. The molecule has 3 aliphatic rings. The molecule has 3 rings (SSSR count). The molecule has 0 aromatic carbocycles. The van der Waals surface area contributed by atoms with E-state index in [-0.39, 0.29) is 17.6 Å². The SMILES string of the molecule is CNC1=N[C@@H]2[C@@H](O)[C@H](O)[C@@H](CNC3CC3)O[C@@H]2S1. The van der Waals surface area contributed by atoms with Crippen LogP contribution in [0.5, 0.6) is 0 Å². The Hall–Kier alpha value is -0.340. The summed E-state index contributed by atoms with van der Waals surface area (Å²) in [5, 5.41) is 27.2. The van der Waals surface area contributed by atoms with Crippen LogP contribution >= 0.6 is 11.8 Å². The third-order valence-corrected chi connectivity index (χ3v) is 4.72. The number of aliphatic imine (C=N–C) groups is 1. The Balaban J connectivity index is 1.62. The number of nitrogens with one attached hydrogen (secondary N) is 2. The molecule has 1 aliphatic carbocycles. The summed E-state index contributed by atoms with van der Waals surface area (Å²) in [5.41, 5.74) is -0.197. The van der Waals surface area contributed by atoms with E-state index in [1.807, 2.05) is 0 Å². The van der Waals surface area contributed by atoms with Gasteiger partial charge < -0.3 is 25.6 Å². The number of hydrogen-bond acceptors (Lipinski definition) is 7. The van der Waals surface area contributed by atoms with Crippen molar-refractivity contribution >= 4 is 16.9 Å². The predicted octanol–water partition coefficient (Wildman–Crippen LogP) is -1.12. The Morgan fingerprint density at radius 1 is 1.39 bits per heavy atom. The maximum Gasteiger partial charge on any atom is 0.159 e. The van der Waals surface area contributed by atoms with Crippen LogP contribution in [0, 0.1) is 0 Å². The molecule has 2 aliphatic heterocycles. The van der Waals surface area contributed by atoms with Gasteiger partial charge in [-0.15, -0.1) is 0 Å². The van der Waals surface area contributed by atoms with Gasteiger partial charge in [-0.1, -0.05) is 11.8 Å². The molecular formula is C11H19N3O3S. The first-order valence-electron chi connectivity index (χ1n) is 6.36. The van der Waals surface area contributed by atoms with Crippen molar-refractivity contribution in [1.82, 2.24) is 10.6 Å². The minimum Gasteiger partial charge on any atom is -0.388 e. The van der Waals surface area contributed by atoms with Gasteiger partial charge in [-0.25, -0.2) is 0 Å². The number of fused-ring (bicyclic) bond motifs is 1. The van der Waals surface area contributed by atoms with Crippen LogP contribution in [0.4, 0.5) is 0 Å². The number of amidine groups is 1. The van der Waals surface area contributed by atoms with E-state index >= 15 is 0 Å². The molecule has 0 aromatic rings. The smallest absolute Gasteiger partial charge is 0.159 e. The van der Waals surface area contributed by atoms with Gasteiger partial charge in [0.25, 0.3) is 0 Å². The Bertz CT molecular complexity index is 350. The molecule has 0 bridgehead atoms. The number of aliphatic hydroxyl groups excluding tert-OH is 2. The van der Waals surface area contributed by atoms with Crippen LogP contribution in [0.25, 0.3) is 0 Å². The Labute approximate surface area is 110 Å². The first-order chi connectivity index (χ1) is 8.69.